The molecule has 0 aliphatic rings. The van der Waals surface area contributed by atoms with Gasteiger partial charge in [0.05, 0.1) is 5.76 Å². The molecule has 0 spiro atoms. The zero-order chi connectivity index (χ0) is 7.82. The summed E-state index contributed by atoms with van der Waals surface area (Å²) >= 11 is 2.23. The van der Waals surface area contributed by atoms with Crippen LogP contribution in [0.25, 0.3) is 0 Å². The summed E-state index contributed by atoms with van der Waals surface area (Å²) < 4.78 is 0.912. The lowest BCUT2D eigenvalue weighted by Crippen LogP contribution is -1.82. The van der Waals surface area contributed by atoms with E-state index in [-0.39, 0.29) is 0 Å². The first-order chi connectivity index (χ1) is 4.81. The van der Waals surface area contributed by atoms with Gasteiger partial charge in [0.2, 0.25) is 0 Å². The first kappa shape index (κ1) is 10.3. The lowest BCUT2D eigenvalue weighted by molar-refractivity contribution is 0.381. The molecule has 0 radical (unpaired) electrons. The lowest BCUT2D eigenvalue weighted by atomic mass is 10.2. The van der Waals surface area contributed by atoms with Crippen molar-refractivity contribution in [2.45, 2.75) is 32.6 Å². The molecule has 10 heavy (non-hydrogen) atoms. The number of aliphatic hydroxyl groups excluding tert-OH is 1. The maximum absolute atomic E-state index is 9.13. The molecule has 0 heterocycles. The van der Waals surface area contributed by atoms with Crippen LogP contribution in [0.4, 0.5) is 0 Å². The van der Waals surface area contributed by atoms with E-state index in [2.05, 4.69) is 29.5 Å². The summed E-state index contributed by atoms with van der Waals surface area (Å²) in [5.41, 5.74) is 0. The zero-order valence-electron chi connectivity index (χ0n) is 6.44. The molecule has 0 atom stereocenters. The largest absolute Gasteiger partial charge is 0.513 e. The Labute approximate surface area is 76.7 Å². The normalized spacial score (nSPS) is 12.0. The monoisotopic (exact) mass is 254 g/mol. The first-order valence-corrected chi connectivity index (χ1v) is 5.27. The van der Waals surface area contributed by atoms with E-state index in [4.69, 9.17) is 5.11 Å². The van der Waals surface area contributed by atoms with Crippen molar-refractivity contribution in [2.75, 3.05) is 4.43 Å². The van der Waals surface area contributed by atoms with Gasteiger partial charge in [0.1, 0.15) is 0 Å². The molecule has 0 saturated heterocycles. The minimum Gasteiger partial charge on any atom is -0.513 e. The third kappa shape index (κ3) is 6.39. The van der Waals surface area contributed by atoms with Gasteiger partial charge in [0.15, 0.2) is 0 Å². The van der Waals surface area contributed by atoms with E-state index in [0.29, 0.717) is 5.76 Å². The number of aliphatic hydroxyl groups is 1. The van der Waals surface area contributed by atoms with Gasteiger partial charge in [-0.2, -0.15) is 0 Å². The minimum absolute atomic E-state index is 0.558. The maximum atomic E-state index is 9.13. The Morgan fingerprint density at radius 3 is 2.70 bits per heavy atom. The highest BCUT2D eigenvalue weighted by Crippen LogP contribution is 2.05. The molecule has 0 aromatic heterocycles. The highest BCUT2D eigenvalue weighted by atomic mass is 127. The SMILES string of the molecule is CCCCCC(O)=CCI. The Bertz CT molecular complexity index is 99.4. The number of hydrogen-bond acceptors (Lipinski definition) is 1. The lowest BCUT2D eigenvalue weighted by Gasteiger charge is -1.96. The van der Waals surface area contributed by atoms with Crippen LogP contribution in [-0.4, -0.2) is 9.53 Å². The molecule has 0 bridgehead atoms. The third-order valence-corrected chi connectivity index (χ3v) is 1.79. The fourth-order valence-electron chi connectivity index (χ4n) is 0.747. The summed E-state index contributed by atoms with van der Waals surface area (Å²) in [4.78, 5) is 0. The molecule has 0 aliphatic carbocycles. The van der Waals surface area contributed by atoms with Crippen molar-refractivity contribution in [3.63, 3.8) is 0 Å². The smallest absolute Gasteiger partial charge is 0.0890 e. The van der Waals surface area contributed by atoms with E-state index in [1.165, 1.54) is 12.8 Å². The standard InChI is InChI=1S/C8H15IO/c1-2-3-4-5-8(10)6-7-9/h6,10H,2-5,7H2,1H3. The second-order valence-corrected chi connectivity index (χ2v) is 3.19. The summed E-state index contributed by atoms with van der Waals surface area (Å²) in [5.74, 6) is 0.558. The van der Waals surface area contributed by atoms with Crippen LogP contribution in [0.5, 0.6) is 0 Å². The molecule has 0 saturated carbocycles. The molecule has 1 N–H and O–H groups in total. The predicted octanol–water partition coefficient (Wildman–Crippen LogP) is 3.44. The minimum atomic E-state index is 0.558. The Kier molecular flexibility index (Phi) is 7.58. The van der Waals surface area contributed by atoms with Crippen molar-refractivity contribution in [3.05, 3.63) is 11.8 Å². The fraction of sp³-hybridized carbons (Fsp3) is 0.750. The molecule has 0 fully saturated rings. The van der Waals surface area contributed by atoms with E-state index in [0.717, 1.165) is 17.3 Å². The van der Waals surface area contributed by atoms with Gasteiger partial charge in [-0.1, -0.05) is 42.4 Å². The molecule has 0 aliphatic heterocycles. The van der Waals surface area contributed by atoms with E-state index in [9.17, 15) is 0 Å². The zero-order valence-corrected chi connectivity index (χ0v) is 8.60. The average molecular weight is 254 g/mol. The van der Waals surface area contributed by atoms with E-state index >= 15 is 0 Å². The number of unbranched alkanes of at least 4 members (excludes halogenated alkanes) is 2. The van der Waals surface area contributed by atoms with Gasteiger partial charge < -0.3 is 5.11 Å². The quantitative estimate of drug-likeness (QED) is 0.345. The molecule has 1 nitrogen and oxygen atoms in total. The van der Waals surface area contributed by atoms with Crippen molar-refractivity contribution in [2.24, 2.45) is 0 Å². The molecule has 60 valence electrons. The van der Waals surface area contributed by atoms with Gasteiger partial charge in [-0.25, -0.2) is 0 Å². The topological polar surface area (TPSA) is 20.2 Å². The Balaban J connectivity index is 3.21. The van der Waals surface area contributed by atoms with Gasteiger partial charge >= 0.3 is 0 Å². The van der Waals surface area contributed by atoms with Crippen molar-refractivity contribution < 1.29 is 5.11 Å². The average Bonchev–Trinajstić information content (AvgIpc) is 1.89. The van der Waals surface area contributed by atoms with Gasteiger partial charge in [-0.05, 0) is 12.5 Å². The molecule has 0 aromatic carbocycles. The van der Waals surface area contributed by atoms with Gasteiger partial charge in [0, 0.05) is 10.8 Å². The Hall–Kier alpha value is 0.270. The van der Waals surface area contributed by atoms with Crippen LogP contribution in [0, 0.1) is 0 Å². The molecular weight excluding hydrogens is 239 g/mol. The van der Waals surface area contributed by atoms with Crippen molar-refractivity contribution in [1.29, 1.82) is 0 Å². The number of hydrogen-bond donors (Lipinski definition) is 1. The molecule has 2 heteroatoms. The number of rotatable bonds is 5. The van der Waals surface area contributed by atoms with E-state index < -0.39 is 0 Å². The van der Waals surface area contributed by atoms with Crippen LogP contribution in [0.15, 0.2) is 11.8 Å². The fourth-order valence-corrected chi connectivity index (χ4v) is 1.26. The van der Waals surface area contributed by atoms with Crippen molar-refractivity contribution >= 4 is 22.6 Å². The highest BCUT2D eigenvalue weighted by molar-refractivity contribution is 14.1. The Morgan fingerprint density at radius 2 is 2.20 bits per heavy atom. The summed E-state index contributed by atoms with van der Waals surface area (Å²) in [6, 6.07) is 0. The molecule has 0 rings (SSSR count). The van der Waals surface area contributed by atoms with Gasteiger partial charge in [0.25, 0.3) is 0 Å². The predicted molar refractivity (Wildman–Crippen MR) is 53.7 cm³/mol. The van der Waals surface area contributed by atoms with Crippen LogP contribution in [-0.2, 0) is 0 Å². The van der Waals surface area contributed by atoms with Gasteiger partial charge in [-0.3, -0.25) is 0 Å². The third-order valence-electron chi connectivity index (χ3n) is 1.35. The second kappa shape index (κ2) is 7.38. The summed E-state index contributed by atoms with van der Waals surface area (Å²) in [5, 5.41) is 9.13. The van der Waals surface area contributed by atoms with Crippen LogP contribution in [0.3, 0.4) is 0 Å². The maximum Gasteiger partial charge on any atom is 0.0890 e. The summed E-state index contributed by atoms with van der Waals surface area (Å²) in [6.45, 7) is 2.17. The Morgan fingerprint density at radius 1 is 1.50 bits per heavy atom. The van der Waals surface area contributed by atoms with E-state index in [1.807, 2.05) is 6.08 Å². The number of alkyl halides is 1. The van der Waals surface area contributed by atoms with Gasteiger partial charge in [-0.15, -0.1) is 0 Å². The number of halogens is 1. The molecule has 0 unspecified atom stereocenters. The molecule has 0 amide bonds. The van der Waals surface area contributed by atoms with Crippen LogP contribution < -0.4 is 0 Å². The second-order valence-electron chi connectivity index (χ2n) is 2.31. The van der Waals surface area contributed by atoms with Crippen molar-refractivity contribution in [3.8, 4) is 0 Å². The first-order valence-electron chi connectivity index (χ1n) is 3.75. The van der Waals surface area contributed by atoms with Crippen molar-refractivity contribution in [1.82, 2.24) is 0 Å². The van der Waals surface area contributed by atoms with Crippen LogP contribution >= 0.6 is 22.6 Å². The summed E-state index contributed by atoms with van der Waals surface area (Å²) in [6.07, 6.45) is 6.29. The molecule has 0 aromatic rings. The molecular formula is C8H15IO. The number of allylic oxidation sites excluding steroid dienone is 2. The van der Waals surface area contributed by atoms with Crippen LogP contribution in [0.2, 0.25) is 0 Å². The summed E-state index contributed by atoms with van der Waals surface area (Å²) in [7, 11) is 0. The van der Waals surface area contributed by atoms with E-state index in [1.54, 1.807) is 0 Å². The van der Waals surface area contributed by atoms with Crippen LogP contribution in [0.1, 0.15) is 32.6 Å². The highest BCUT2D eigenvalue weighted by Gasteiger charge is 1.90.